The highest BCUT2D eigenvalue weighted by atomic mass is 16.5. The van der Waals surface area contributed by atoms with Crippen molar-refractivity contribution in [2.45, 2.75) is 25.4 Å². The number of rotatable bonds is 5. The molecule has 2 fully saturated rings. The number of aliphatic imine (C=N–C) groups is 1. The van der Waals surface area contributed by atoms with Gasteiger partial charge < -0.3 is 15.8 Å². The van der Waals surface area contributed by atoms with Gasteiger partial charge in [0.1, 0.15) is 22.9 Å². The maximum absolute atomic E-state index is 9.27. The summed E-state index contributed by atoms with van der Waals surface area (Å²) >= 11 is 0. The van der Waals surface area contributed by atoms with Crippen molar-refractivity contribution in [1.82, 2.24) is 19.8 Å². The summed E-state index contributed by atoms with van der Waals surface area (Å²) in [7, 11) is 1.58. The second kappa shape index (κ2) is 7.62. The molecule has 2 aromatic heterocycles. The number of nitrogens with zero attached hydrogens (tertiary/aromatic N) is 5. The summed E-state index contributed by atoms with van der Waals surface area (Å²) in [5.74, 6) is 0.585. The first-order valence-electron chi connectivity index (χ1n) is 9.52. The van der Waals surface area contributed by atoms with Crippen LogP contribution in [-0.4, -0.2) is 65.6 Å². The summed E-state index contributed by atoms with van der Waals surface area (Å²) in [6, 6.07) is 4.98. The summed E-state index contributed by atoms with van der Waals surface area (Å²) in [5, 5.41) is 17.0. The molecule has 2 aromatic rings. The van der Waals surface area contributed by atoms with Crippen LogP contribution in [-0.2, 0) is 0 Å². The number of hydrogen-bond donors (Lipinski definition) is 2. The third-order valence-electron chi connectivity index (χ3n) is 5.60. The van der Waals surface area contributed by atoms with E-state index in [9.17, 15) is 5.26 Å². The number of allylic oxidation sites excluding steroid dienone is 1. The largest absolute Gasteiger partial charge is 0.494 e. The average molecular weight is 379 g/mol. The lowest BCUT2D eigenvalue weighted by molar-refractivity contribution is 0.105. The third kappa shape index (κ3) is 3.23. The Balaban J connectivity index is 1.56. The zero-order valence-corrected chi connectivity index (χ0v) is 16.2. The standard InChI is InChI=1S/C20H25N7O/c1-13(25-16-11-26(12-16)17-3-4-23-9-17)18(7-22)14-5-19(28-2)20-15(6-21)8-24-27(20)10-14/h5,7-8,10,16-17,23H,3-4,9,11-12,22H2,1-2H3/b18-7+,25-13?. The van der Waals surface area contributed by atoms with Crippen LogP contribution in [0.3, 0.4) is 0 Å². The molecule has 2 aliphatic rings. The van der Waals surface area contributed by atoms with Crippen LogP contribution in [0, 0.1) is 11.3 Å². The highest BCUT2D eigenvalue weighted by Gasteiger charge is 2.33. The normalized spacial score (nSPS) is 21.7. The van der Waals surface area contributed by atoms with Gasteiger partial charge in [-0.15, -0.1) is 0 Å². The number of hydrogen-bond acceptors (Lipinski definition) is 7. The fourth-order valence-electron chi connectivity index (χ4n) is 4.06. The van der Waals surface area contributed by atoms with E-state index in [0.717, 1.165) is 43.0 Å². The second-order valence-corrected chi connectivity index (χ2v) is 7.31. The third-order valence-corrected chi connectivity index (χ3v) is 5.60. The molecule has 28 heavy (non-hydrogen) atoms. The Kier molecular flexibility index (Phi) is 5.03. The minimum atomic E-state index is 0.302. The van der Waals surface area contributed by atoms with Crippen LogP contribution in [0.5, 0.6) is 5.75 Å². The van der Waals surface area contributed by atoms with Crippen molar-refractivity contribution in [3.63, 3.8) is 0 Å². The maximum Gasteiger partial charge on any atom is 0.146 e. The lowest BCUT2D eigenvalue weighted by Gasteiger charge is -2.41. The van der Waals surface area contributed by atoms with Gasteiger partial charge in [-0.2, -0.15) is 10.4 Å². The lowest BCUT2D eigenvalue weighted by Crippen LogP contribution is -2.55. The van der Waals surface area contributed by atoms with E-state index in [1.807, 2.05) is 19.2 Å². The highest BCUT2D eigenvalue weighted by molar-refractivity contribution is 6.22. The molecule has 146 valence electrons. The molecule has 0 radical (unpaired) electrons. The van der Waals surface area contributed by atoms with Crippen LogP contribution < -0.4 is 15.8 Å². The number of ether oxygens (including phenoxy) is 1. The number of methoxy groups -OCH3 is 1. The van der Waals surface area contributed by atoms with E-state index >= 15 is 0 Å². The number of nitriles is 1. The van der Waals surface area contributed by atoms with Crippen LogP contribution in [0.25, 0.3) is 11.1 Å². The first-order chi connectivity index (χ1) is 13.6. The number of aromatic nitrogens is 2. The number of pyridine rings is 1. The molecule has 8 nitrogen and oxygen atoms in total. The molecule has 0 aliphatic carbocycles. The van der Waals surface area contributed by atoms with E-state index in [2.05, 4.69) is 21.4 Å². The van der Waals surface area contributed by atoms with Crippen LogP contribution >= 0.6 is 0 Å². The minimum Gasteiger partial charge on any atom is -0.494 e. The highest BCUT2D eigenvalue weighted by Crippen LogP contribution is 2.28. The summed E-state index contributed by atoms with van der Waals surface area (Å²) < 4.78 is 7.15. The van der Waals surface area contributed by atoms with Crippen molar-refractivity contribution < 1.29 is 4.74 Å². The van der Waals surface area contributed by atoms with Crippen LogP contribution in [0.2, 0.25) is 0 Å². The zero-order chi connectivity index (χ0) is 19.7. The van der Waals surface area contributed by atoms with Gasteiger partial charge in [0.2, 0.25) is 0 Å². The Bertz CT molecular complexity index is 972. The van der Waals surface area contributed by atoms with E-state index in [-0.39, 0.29) is 0 Å². The number of nitrogens with two attached hydrogens (primary N) is 1. The van der Waals surface area contributed by atoms with Crippen molar-refractivity contribution in [1.29, 1.82) is 5.26 Å². The molecule has 1 atom stereocenters. The Hall–Kier alpha value is -2.89. The van der Waals surface area contributed by atoms with Gasteiger partial charge in [0.15, 0.2) is 0 Å². The second-order valence-electron chi connectivity index (χ2n) is 7.31. The monoisotopic (exact) mass is 379 g/mol. The number of nitrogens with one attached hydrogen (secondary N) is 1. The van der Waals surface area contributed by atoms with E-state index in [1.165, 1.54) is 12.6 Å². The van der Waals surface area contributed by atoms with E-state index < -0.39 is 0 Å². The zero-order valence-electron chi connectivity index (χ0n) is 16.2. The quantitative estimate of drug-likeness (QED) is 0.752. The molecule has 0 spiro atoms. The summed E-state index contributed by atoms with van der Waals surface area (Å²) in [4.78, 5) is 7.39. The fraction of sp³-hybridized carbons (Fsp3) is 0.450. The van der Waals surface area contributed by atoms with E-state index in [1.54, 1.807) is 17.8 Å². The van der Waals surface area contributed by atoms with Gasteiger partial charge in [-0.25, -0.2) is 4.52 Å². The van der Waals surface area contributed by atoms with Crippen molar-refractivity contribution in [3.05, 3.63) is 35.8 Å². The molecule has 4 heterocycles. The van der Waals surface area contributed by atoms with Gasteiger partial charge >= 0.3 is 0 Å². The first-order valence-corrected chi connectivity index (χ1v) is 9.52. The van der Waals surface area contributed by atoms with Gasteiger partial charge in [0, 0.05) is 54.9 Å². The molecule has 3 N–H and O–H groups in total. The van der Waals surface area contributed by atoms with Crippen LogP contribution in [0.15, 0.2) is 29.7 Å². The molecule has 1 unspecified atom stereocenters. The molecule has 8 heteroatoms. The molecular weight excluding hydrogens is 354 g/mol. The maximum atomic E-state index is 9.27. The number of likely N-dealkylation sites (tertiary alicyclic amines) is 1. The molecular formula is C20H25N7O. The molecule has 0 aromatic carbocycles. The molecule has 2 saturated heterocycles. The summed E-state index contributed by atoms with van der Waals surface area (Å²) in [5.41, 5.74) is 9.67. The molecule has 4 rings (SSSR count). The summed E-state index contributed by atoms with van der Waals surface area (Å²) in [6.07, 6.45) is 6.19. The van der Waals surface area contributed by atoms with Crippen molar-refractivity contribution in [3.8, 4) is 11.8 Å². The van der Waals surface area contributed by atoms with Gasteiger partial charge in [-0.3, -0.25) is 9.89 Å². The molecule has 0 bridgehead atoms. The Morgan fingerprint density at radius 2 is 2.32 bits per heavy atom. The Morgan fingerprint density at radius 3 is 2.96 bits per heavy atom. The average Bonchev–Trinajstić information content (AvgIpc) is 3.33. The van der Waals surface area contributed by atoms with Crippen LogP contribution in [0.1, 0.15) is 24.5 Å². The first kappa shape index (κ1) is 18.5. The SMILES string of the molecule is COc1cc(/C(=C/N)C(C)=NC2CN(C3CCNC3)C2)cn2ncc(C#N)c12. The van der Waals surface area contributed by atoms with E-state index in [4.69, 9.17) is 15.5 Å². The van der Waals surface area contributed by atoms with Gasteiger partial charge in [0.05, 0.1) is 19.3 Å². The summed E-state index contributed by atoms with van der Waals surface area (Å²) in [6.45, 7) is 6.17. The molecule has 0 amide bonds. The molecule has 0 saturated carbocycles. The van der Waals surface area contributed by atoms with Gasteiger partial charge in [-0.05, 0) is 26.0 Å². The smallest absolute Gasteiger partial charge is 0.146 e. The Labute approximate surface area is 164 Å². The van der Waals surface area contributed by atoms with E-state index in [0.29, 0.717) is 28.9 Å². The fourth-order valence-corrected chi connectivity index (χ4v) is 4.06. The molecule has 2 aliphatic heterocycles. The van der Waals surface area contributed by atoms with Gasteiger partial charge in [-0.1, -0.05) is 0 Å². The van der Waals surface area contributed by atoms with Gasteiger partial charge in [0.25, 0.3) is 0 Å². The van der Waals surface area contributed by atoms with Crippen LogP contribution in [0.4, 0.5) is 0 Å². The minimum absolute atomic E-state index is 0.302. The Morgan fingerprint density at radius 1 is 1.50 bits per heavy atom. The van der Waals surface area contributed by atoms with Crippen molar-refractivity contribution in [2.24, 2.45) is 10.7 Å². The lowest BCUT2D eigenvalue weighted by atomic mass is 10.0. The topological polar surface area (TPSA) is 104 Å². The van der Waals surface area contributed by atoms with Crippen molar-refractivity contribution >= 4 is 16.8 Å². The predicted molar refractivity (Wildman–Crippen MR) is 108 cm³/mol. The van der Waals surface area contributed by atoms with Crippen molar-refractivity contribution in [2.75, 3.05) is 33.3 Å². The number of fused-ring (bicyclic) bond motifs is 1. The predicted octanol–water partition coefficient (Wildman–Crippen LogP) is 1.02.